The lowest BCUT2D eigenvalue weighted by atomic mass is 9.83. The molecule has 1 amide bonds. The van der Waals surface area contributed by atoms with E-state index in [1.165, 1.54) is 0 Å². The molecule has 2 rings (SSSR count). The van der Waals surface area contributed by atoms with Crippen LogP contribution in [0, 0.1) is 5.41 Å². The summed E-state index contributed by atoms with van der Waals surface area (Å²) in [5.41, 5.74) is -0.137. The third-order valence-electron chi connectivity index (χ3n) is 4.77. The van der Waals surface area contributed by atoms with Crippen molar-refractivity contribution in [1.82, 2.24) is 15.5 Å². The number of carbonyl (C=O) groups excluding carboxylic acids is 1. The molecule has 104 valence electrons. The number of nitrogens with zero attached hydrogens (tertiary/aromatic N) is 1. The summed E-state index contributed by atoms with van der Waals surface area (Å²) in [6, 6.07) is 0.393. The summed E-state index contributed by atoms with van der Waals surface area (Å²) >= 11 is 0. The van der Waals surface area contributed by atoms with E-state index in [1.807, 2.05) is 0 Å². The lowest BCUT2D eigenvalue weighted by Gasteiger charge is -2.34. The number of hydrogen-bond donors (Lipinski definition) is 2. The van der Waals surface area contributed by atoms with E-state index < -0.39 is 0 Å². The largest absolute Gasteiger partial charge is 0.353 e. The van der Waals surface area contributed by atoms with Crippen LogP contribution in [0.2, 0.25) is 0 Å². The maximum Gasteiger partial charge on any atom is 0.227 e. The van der Waals surface area contributed by atoms with Gasteiger partial charge >= 0.3 is 0 Å². The van der Waals surface area contributed by atoms with Crippen LogP contribution in [0.15, 0.2) is 0 Å². The van der Waals surface area contributed by atoms with E-state index in [0.29, 0.717) is 6.04 Å². The molecule has 2 saturated heterocycles. The summed E-state index contributed by atoms with van der Waals surface area (Å²) in [5.74, 6) is 0.282. The highest BCUT2D eigenvalue weighted by Gasteiger charge is 2.40. The second-order valence-corrected chi connectivity index (χ2v) is 5.74. The lowest BCUT2D eigenvalue weighted by molar-refractivity contribution is -0.131. The third kappa shape index (κ3) is 2.86. The zero-order valence-electron chi connectivity index (χ0n) is 11.8. The number of piperidine rings is 1. The molecule has 18 heavy (non-hydrogen) atoms. The molecule has 2 N–H and O–H groups in total. The number of hydrogen-bond acceptors (Lipinski definition) is 3. The van der Waals surface area contributed by atoms with Gasteiger partial charge in [0.15, 0.2) is 0 Å². The summed E-state index contributed by atoms with van der Waals surface area (Å²) in [7, 11) is 0. The van der Waals surface area contributed by atoms with Crippen molar-refractivity contribution in [2.24, 2.45) is 5.41 Å². The van der Waals surface area contributed by atoms with Crippen LogP contribution in [0.25, 0.3) is 0 Å². The Balaban J connectivity index is 1.84. The Morgan fingerprint density at radius 2 is 2.11 bits per heavy atom. The molecule has 0 saturated carbocycles. The van der Waals surface area contributed by atoms with E-state index in [1.54, 1.807) is 0 Å². The van der Waals surface area contributed by atoms with Gasteiger partial charge in [-0.25, -0.2) is 0 Å². The average Bonchev–Trinajstić information content (AvgIpc) is 2.89. The van der Waals surface area contributed by atoms with Gasteiger partial charge in [-0.2, -0.15) is 0 Å². The zero-order valence-corrected chi connectivity index (χ0v) is 11.8. The fourth-order valence-electron chi connectivity index (χ4n) is 3.13. The predicted molar refractivity (Wildman–Crippen MR) is 73.5 cm³/mol. The standard InChI is InChI=1S/C14H27N3O/c1-3-14(7-8-15-11-14)13(18)16-12-5-9-17(4-2)10-6-12/h12,15H,3-11H2,1-2H3,(H,16,18). The molecule has 1 atom stereocenters. The number of rotatable bonds is 4. The van der Waals surface area contributed by atoms with E-state index >= 15 is 0 Å². The van der Waals surface area contributed by atoms with Crippen LogP contribution in [0.3, 0.4) is 0 Å². The van der Waals surface area contributed by atoms with Gasteiger partial charge in [0.2, 0.25) is 5.91 Å². The molecule has 0 aromatic carbocycles. The van der Waals surface area contributed by atoms with Crippen molar-refractivity contribution in [3.05, 3.63) is 0 Å². The molecule has 4 heteroatoms. The van der Waals surface area contributed by atoms with Gasteiger partial charge in [0, 0.05) is 25.7 Å². The first-order valence-corrected chi connectivity index (χ1v) is 7.44. The Kier molecular flexibility index (Phi) is 4.62. The Bertz CT molecular complexity index is 279. The molecule has 0 spiro atoms. The van der Waals surface area contributed by atoms with Crippen molar-refractivity contribution in [3.63, 3.8) is 0 Å². The Morgan fingerprint density at radius 1 is 1.39 bits per heavy atom. The highest BCUT2D eigenvalue weighted by molar-refractivity contribution is 5.83. The van der Waals surface area contributed by atoms with Gasteiger partial charge in [0.1, 0.15) is 0 Å². The highest BCUT2D eigenvalue weighted by Crippen LogP contribution is 2.30. The predicted octanol–water partition coefficient (Wildman–Crippen LogP) is 0.977. The topological polar surface area (TPSA) is 44.4 Å². The molecule has 0 radical (unpaired) electrons. The summed E-state index contributed by atoms with van der Waals surface area (Å²) in [6.07, 6.45) is 4.14. The van der Waals surface area contributed by atoms with Crippen LogP contribution >= 0.6 is 0 Å². The molecular formula is C14H27N3O. The lowest BCUT2D eigenvalue weighted by Crippen LogP contribution is -2.50. The number of amides is 1. The molecule has 0 bridgehead atoms. The molecule has 4 nitrogen and oxygen atoms in total. The summed E-state index contributed by atoms with van der Waals surface area (Å²) < 4.78 is 0. The van der Waals surface area contributed by atoms with Gasteiger partial charge in [-0.05, 0) is 38.8 Å². The van der Waals surface area contributed by atoms with Crippen molar-refractivity contribution in [3.8, 4) is 0 Å². The molecule has 0 aromatic rings. The van der Waals surface area contributed by atoms with E-state index in [0.717, 1.165) is 58.4 Å². The fraction of sp³-hybridized carbons (Fsp3) is 0.929. The zero-order chi connectivity index (χ0) is 13.0. The van der Waals surface area contributed by atoms with Crippen molar-refractivity contribution in [2.75, 3.05) is 32.7 Å². The van der Waals surface area contributed by atoms with Crippen molar-refractivity contribution in [2.45, 2.75) is 45.6 Å². The van der Waals surface area contributed by atoms with Crippen LogP contribution < -0.4 is 10.6 Å². The minimum atomic E-state index is -0.137. The van der Waals surface area contributed by atoms with Gasteiger partial charge in [-0.1, -0.05) is 13.8 Å². The minimum Gasteiger partial charge on any atom is -0.353 e. The minimum absolute atomic E-state index is 0.137. The van der Waals surface area contributed by atoms with Crippen molar-refractivity contribution < 1.29 is 4.79 Å². The Hall–Kier alpha value is -0.610. The Labute approximate surface area is 110 Å². The van der Waals surface area contributed by atoms with Crippen molar-refractivity contribution in [1.29, 1.82) is 0 Å². The van der Waals surface area contributed by atoms with Gasteiger partial charge in [-0.3, -0.25) is 4.79 Å². The van der Waals surface area contributed by atoms with Crippen LogP contribution in [-0.2, 0) is 4.79 Å². The first-order chi connectivity index (χ1) is 8.70. The molecular weight excluding hydrogens is 226 g/mol. The quantitative estimate of drug-likeness (QED) is 0.785. The normalized spacial score (nSPS) is 30.6. The van der Waals surface area contributed by atoms with Crippen LogP contribution in [0.4, 0.5) is 0 Å². The van der Waals surface area contributed by atoms with Crippen molar-refractivity contribution >= 4 is 5.91 Å². The fourth-order valence-corrected chi connectivity index (χ4v) is 3.13. The van der Waals surface area contributed by atoms with Gasteiger partial charge < -0.3 is 15.5 Å². The molecule has 1 unspecified atom stereocenters. The molecule has 2 heterocycles. The number of nitrogens with one attached hydrogen (secondary N) is 2. The van der Waals surface area contributed by atoms with E-state index in [2.05, 4.69) is 29.4 Å². The first-order valence-electron chi connectivity index (χ1n) is 7.44. The molecule has 2 aliphatic heterocycles. The Morgan fingerprint density at radius 3 is 2.61 bits per heavy atom. The van der Waals surface area contributed by atoms with Crippen LogP contribution in [0.1, 0.15) is 39.5 Å². The van der Waals surface area contributed by atoms with E-state index in [4.69, 9.17) is 0 Å². The summed E-state index contributed by atoms with van der Waals surface area (Å²) in [4.78, 5) is 14.9. The molecule has 0 aromatic heterocycles. The first kappa shape index (κ1) is 13.8. The monoisotopic (exact) mass is 253 g/mol. The number of likely N-dealkylation sites (tertiary alicyclic amines) is 1. The molecule has 0 aliphatic carbocycles. The second kappa shape index (κ2) is 6.02. The smallest absolute Gasteiger partial charge is 0.227 e. The van der Waals surface area contributed by atoms with Gasteiger partial charge in [0.25, 0.3) is 0 Å². The summed E-state index contributed by atoms with van der Waals surface area (Å²) in [5, 5.41) is 6.62. The van der Waals surface area contributed by atoms with Gasteiger partial charge in [0.05, 0.1) is 5.41 Å². The second-order valence-electron chi connectivity index (χ2n) is 5.74. The summed E-state index contributed by atoms with van der Waals surface area (Å²) in [6.45, 7) is 9.54. The molecule has 2 aliphatic rings. The molecule has 2 fully saturated rings. The maximum atomic E-state index is 12.5. The van der Waals surface area contributed by atoms with Crippen LogP contribution in [-0.4, -0.2) is 49.6 Å². The van der Waals surface area contributed by atoms with Crippen LogP contribution in [0.5, 0.6) is 0 Å². The van der Waals surface area contributed by atoms with E-state index in [-0.39, 0.29) is 11.3 Å². The number of carbonyl (C=O) groups is 1. The average molecular weight is 253 g/mol. The highest BCUT2D eigenvalue weighted by atomic mass is 16.2. The van der Waals surface area contributed by atoms with Gasteiger partial charge in [-0.15, -0.1) is 0 Å². The maximum absolute atomic E-state index is 12.5. The third-order valence-corrected chi connectivity index (χ3v) is 4.77. The van der Waals surface area contributed by atoms with E-state index in [9.17, 15) is 4.79 Å². The SMILES string of the molecule is CCN1CCC(NC(=O)C2(CC)CCNC2)CC1.